The van der Waals surface area contributed by atoms with Gasteiger partial charge in [-0.2, -0.15) is 0 Å². The van der Waals surface area contributed by atoms with E-state index in [1.807, 2.05) is 17.7 Å². The van der Waals surface area contributed by atoms with Gasteiger partial charge in [0, 0.05) is 6.54 Å². The van der Waals surface area contributed by atoms with Crippen molar-refractivity contribution in [1.82, 2.24) is 9.78 Å². The number of aryl methyl sites for hydroxylation is 1. The van der Waals surface area contributed by atoms with E-state index in [2.05, 4.69) is 18.1 Å². The molecule has 0 unspecified atom stereocenters. The van der Waals surface area contributed by atoms with E-state index in [4.69, 9.17) is 10.5 Å². The Balaban J connectivity index is 3.10. The number of hydrogen-bond donors (Lipinski definition) is 1. The van der Waals surface area contributed by atoms with Crippen LogP contribution in [0, 0.1) is 0 Å². The lowest BCUT2D eigenvalue weighted by Gasteiger charge is -1.98. The third kappa shape index (κ3) is 1.89. The van der Waals surface area contributed by atoms with Crippen molar-refractivity contribution in [3.63, 3.8) is 0 Å². The number of allylic oxidation sites excluding steroid dienone is 1. The number of nitrogen functional groups attached to an aromatic ring is 1. The largest absolute Gasteiger partial charge is 0.478 e. The minimum atomic E-state index is 0.502. The molecule has 2 N–H and O–H groups in total. The van der Waals surface area contributed by atoms with Gasteiger partial charge in [0.1, 0.15) is 5.69 Å². The summed E-state index contributed by atoms with van der Waals surface area (Å²) in [5.41, 5.74) is 7.40. The Morgan fingerprint density at radius 1 is 1.50 bits per heavy atom. The maximum absolute atomic E-state index is 5.87. The maximum Gasteiger partial charge on any atom is 0.256 e. The van der Waals surface area contributed by atoms with Gasteiger partial charge < -0.3 is 10.5 Å². The summed E-state index contributed by atoms with van der Waals surface area (Å²) in [4.78, 5) is 0. The Bertz CT molecular complexity index is 328. The van der Waals surface area contributed by atoms with Gasteiger partial charge in [0.2, 0.25) is 0 Å². The minimum Gasteiger partial charge on any atom is -0.478 e. The van der Waals surface area contributed by atoms with Crippen LogP contribution in [-0.2, 0) is 6.54 Å². The molecule has 0 spiro atoms. The van der Waals surface area contributed by atoms with Crippen LogP contribution >= 0.6 is 0 Å². The van der Waals surface area contributed by atoms with Gasteiger partial charge in [-0.3, -0.25) is 4.68 Å². The third-order valence-corrected chi connectivity index (χ3v) is 2.00. The molecule has 78 valence electrons. The van der Waals surface area contributed by atoms with E-state index in [0.717, 1.165) is 18.7 Å². The molecule has 0 aliphatic heterocycles. The number of hydrogen-bond acceptors (Lipinski definition) is 3. The maximum atomic E-state index is 5.87. The molecule has 1 rings (SSSR count). The van der Waals surface area contributed by atoms with Crippen LogP contribution in [0.1, 0.15) is 26.0 Å². The molecule has 0 saturated heterocycles. The second kappa shape index (κ2) is 4.69. The van der Waals surface area contributed by atoms with Crippen molar-refractivity contribution in [3.8, 4) is 5.88 Å². The van der Waals surface area contributed by atoms with Gasteiger partial charge in [-0.25, -0.2) is 0 Å². The molecule has 0 amide bonds. The summed E-state index contributed by atoms with van der Waals surface area (Å²) in [6, 6.07) is 0. The zero-order valence-corrected chi connectivity index (χ0v) is 8.95. The van der Waals surface area contributed by atoms with Crippen molar-refractivity contribution >= 4 is 11.8 Å². The Hall–Kier alpha value is -1.45. The number of aromatic nitrogens is 2. The second-order valence-electron chi connectivity index (χ2n) is 2.93. The molecule has 1 heterocycles. The number of anilines is 1. The SMILES string of the molecule is CC/C=C\c1c(N)c(OC)nn1CC. The van der Waals surface area contributed by atoms with Crippen molar-refractivity contribution in [2.24, 2.45) is 0 Å². The number of nitrogens with zero attached hydrogens (tertiary/aromatic N) is 2. The first kappa shape index (κ1) is 10.6. The summed E-state index contributed by atoms with van der Waals surface area (Å²) in [6.07, 6.45) is 5.02. The Labute approximate surface area is 84.4 Å². The lowest BCUT2D eigenvalue weighted by Crippen LogP contribution is -1.99. The molecule has 0 atom stereocenters. The molecule has 4 nitrogen and oxygen atoms in total. The fourth-order valence-corrected chi connectivity index (χ4v) is 1.26. The van der Waals surface area contributed by atoms with E-state index >= 15 is 0 Å². The van der Waals surface area contributed by atoms with E-state index in [0.29, 0.717) is 11.6 Å². The highest BCUT2D eigenvalue weighted by molar-refractivity contribution is 5.66. The van der Waals surface area contributed by atoms with Gasteiger partial charge in [0.15, 0.2) is 0 Å². The van der Waals surface area contributed by atoms with Crippen LogP contribution in [0.3, 0.4) is 0 Å². The molecule has 0 fully saturated rings. The molecule has 0 radical (unpaired) electrons. The van der Waals surface area contributed by atoms with E-state index < -0.39 is 0 Å². The molecular weight excluding hydrogens is 178 g/mol. The molecular formula is C10H17N3O. The fraction of sp³-hybridized carbons (Fsp3) is 0.500. The van der Waals surface area contributed by atoms with Crippen LogP contribution in [0.5, 0.6) is 5.88 Å². The van der Waals surface area contributed by atoms with Crippen molar-refractivity contribution in [2.75, 3.05) is 12.8 Å². The summed E-state index contributed by atoms with van der Waals surface area (Å²) in [7, 11) is 1.58. The summed E-state index contributed by atoms with van der Waals surface area (Å²) >= 11 is 0. The molecule has 0 aromatic carbocycles. The lowest BCUT2D eigenvalue weighted by molar-refractivity contribution is 0.391. The highest BCUT2D eigenvalue weighted by Gasteiger charge is 2.11. The topological polar surface area (TPSA) is 53.1 Å². The first-order valence-corrected chi connectivity index (χ1v) is 4.81. The van der Waals surface area contributed by atoms with Gasteiger partial charge >= 0.3 is 0 Å². The van der Waals surface area contributed by atoms with Crippen LogP contribution in [0.4, 0.5) is 5.69 Å². The van der Waals surface area contributed by atoms with E-state index in [9.17, 15) is 0 Å². The average Bonchev–Trinajstić information content (AvgIpc) is 2.52. The van der Waals surface area contributed by atoms with Crippen LogP contribution in [-0.4, -0.2) is 16.9 Å². The van der Waals surface area contributed by atoms with Gasteiger partial charge in [-0.15, -0.1) is 5.10 Å². The normalized spacial score (nSPS) is 11.1. The van der Waals surface area contributed by atoms with E-state index in [1.54, 1.807) is 7.11 Å². The quantitative estimate of drug-likeness (QED) is 0.798. The molecule has 0 saturated carbocycles. The molecule has 1 aromatic rings. The Morgan fingerprint density at radius 3 is 2.71 bits per heavy atom. The van der Waals surface area contributed by atoms with Crippen LogP contribution in [0.2, 0.25) is 0 Å². The number of methoxy groups -OCH3 is 1. The van der Waals surface area contributed by atoms with E-state index in [1.165, 1.54) is 0 Å². The van der Waals surface area contributed by atoms with Gasteiger partial charge in [-0.1, -0.05) is 13.0 Å². The molecule has 0 aliphatic rings. The number of rotatable bonds is 4. The average molecular weight is 195 g/mol. The van der Waals surface area contributed by atoms with Crippen molar-refractivity contribution in [2.45, 2.75) is 26.8 Å². The predicted octanol–water partition coefficient (Wildman–Crippen LogP) is 1.92. The molecule has 4 heteroatoms. The highest BCUT2D eigenvalue weighted by atomic mass is 16.5. The van der Waals surface area contributed by atoms with Crippen LogP contribution in [0.15, 0.2) is 6.08 Å². The molecule has 1 aromatic heterocycles. The number of nitrogens with two attached hydrogens (primary N) is 1. The van der Waals surface area contributed by atoms with Crippen LogP contribution in [0.25, 0.3) is 6.08 Å². The zero-order valence-electron chi connectivity index (χ0n) is 8.95. The highest BCUT2D eigenvalue weighted by Crippen LogP contribution is 2.25. The Morgan fingerprint density at radius 2 is 2.21 bits per heavy atom. The van der Waals surface area contributed by atoms with Crippen LogP contribution < -0.4 is 10.5 Å². The summed E-state index contributed by atoms with van der Waals surface area (Å²) in [6.45, 7) is 4.89. The smallest absolute Gasteiger partial charge is 0.256 e. The summed E-state index contributed by atoms with van der Waals surface area (Å²) in [5, 5.41) is 4.22. The van der Waals surface area contributed by atoms with Crippen molar-refractivity contribution in [1.29, 1.82) is 0 Å². The lowest BCUT2D eigenvalue weighted by atomic mass is 10.3. The van der Waals surface area contributed by atoms with Gasteiger partial charge in [0.05, 0.1) is 12.8 Å². The molecule has 14 heavy (non-hydrogen) atoms. The van der Waals surface area contributed by atoms with Gasteiger partial charge in [-0.05, 0) is 19.4 Å². The van der Waals surface area contributed by atoms with E-state index in [-0.39, 0.29) is 0 Å². The Kier molecular flexibility index (Phi) is 3.56. The van der Waals surface area contributed by atoms with Crippen molar-refractivity contribution in [3.05, 3.63) is 11.8 Å². The first-order valence-electron chi connectivity index (χ1n) is 4.81. The first-order chi connectivity index (χ1) is 6.74. The fourth-order valence-electron chi connectivity index (χ4n) is 1.26. The summed E-state index contributed by atoms with van der Waals surface area (Å²) in [5.74, 6) is 0.502. The summed E-state index contributed by atoms with van der Waals surface area (Å²) < 4.78 is 6.89. The predicted molar refractivity (Wildman–Crippen MR) is 58.2 cm³/mol. The third-order valence-electron chi connectivity index (χ3n) is 2.00. The van der Waals surface area contributed by atoms with Crippen molar-refractivity contribution < 1.29 is 4.74 Å². The minimum absolute atomic E-state index is 0.502. The molecule has 0 bridgehead atoms. The van der Waals surface area contributed by atoms with Gasteiger partial charge in [0.25, 0.3) is 5.88 Å². The monoisotopic (exact) mass is 195 g/mol. The standard InChI is InChI=1S/C10H17N3O/c1-4-6-7-8-9(11)10(14-3)12-13(8)5-2/h6-7H,4-5,11H2,1-3H3/b7-6-. The molecule has 0 aliphatic carbocycles. The number of ether oxygens (including phenoxy) is 1. The zero-order chi connectivity index (χ0) is 10.6. The second-order valence-corrected chi connectivity index (χ2v) is 2.93.